The number of nitrogens with zero attached hydrogens (tertiary/aromatic N) is 3. The molecule has 2 heterocycles. The van der Waals surface area contributed by atoms with E-state index in [9.17, 15) is 9.59 Å². The van der Waals surface area contributed by atoms with Crippen LogP contribution < -0.4 is 0 Å². The number of aromatic nitrogens is 2. The smallest absolute Gasteiger partial charge is 0.359 e. The molecule has 130 valence electrons. The monoisotopic (exact) mass is 339 g/mol. The zero-order chi connectivity index (χ0) is 17.5. The Balaban J connectivity index is 1.42. The number of carbonyl (C=O) groups is 2. The Bertz CT molecular complexity index is 698. The summed E-state index contributed by atoms with van der Waals surface area (Å²) in [4.78, 5) is 33.4. The van der Waals surface area contributed by atoms with Crippen molar-refractivity contribution < 1.29 is 14.3 Å². The molecule has 0 spiro atoms. The molecule has 25 heavy (non-hydrogen) atoms. The molecule has 0 unspecified atom stereocenters. The molecule has 1 aliphatic rings. The van der Waals surface area contributed by atoms with Crippen LogP contribution in [0, 0.1) is 5.92 Å². The maximum Gasteiger partial charge on any atom is 0.359 e. The van der Waals surface area contributed by atoms with E-state index in [0.717, 1.165) is 19.3 Å². The SMILES string of the molecule is O=C(OCC(=O)N1CCC(Cc2ccccc2)CC1)c1cnccn1. The van der Waals surface area contributed by atoms with E-state index in [1.807, 2.05) is 6.07 Å². The van der Waals surface area contributed by atoms with Crippen LogP contribution in [-0.4, -0.2) is 46.4 Å². The fourth-order valence-electron chi connectivity index (χ4n) is 3.03. The first-order valence-electron chi connectivity index (χ1n) is 8.47. The van der Waals surface area contributed by atoms with E-state index in [4.69, 9.17) is 4.74 Å². The molecule has 1 aromatic heterocycles. The molecule has 2 aromatic rings. The summed E-state index contributed by atoms with van der Waals surface area (Å²) in [6.45, 7) is 1.16. The van der Waals surface area contributed by atoms with Crippen molar-refractivity contribution in [2.45, 2.75) is 19.3 Å². The van der Waals surface area contributed by atoms with E-state index >= 15 is 0 Å². The lowest BCUT2D eigenvalue weighted by molar-refractivity contribution is -0.135. The summed E-state index contributed by atoms with van der Waals surface area (Å²) in [5.74, 6) is -0.190. The number of hydrogen-bond acceptors (Lipinski definition) is 5. The van der Waals surface area contributed by atoms with Crippen LogP contribution in [0.2, 0.25) is 0 Å². The highest BCUT2D eigenvalue weighted by Gasteiger charge is 2.24. The Morgan fingerprint density at radius 2 is 1.88 bits per heavy atom. The van der Waals surface area contributed by atoms with Crippen LogP contribution in [-0.2, 0) is 16.0 Å². The van der Waals surface area contributed by atoms with Crippen molar-refractivity contribution >= 4 is 11.9 Å². The van der Waals surface area contributed by atoms with E-state index < -0.39 is 5.97 Å². The van der Waals surface area contributed by atoms with E-state index in [-0.39, 0.29) is 18.2 Å². The maximum atomic E-state index is 12.2. The number of carbonyl (C=O) groups excluding carboxylic acids is 2. The average Bonchev–Trinajstić information content (AvgIpc) is 2.68. The van der Waals surface area contributed by atoms with Gasteiger partial charge in [0.25, 0.3) is 5.91 Å². The number of hydrogen-bond donors (Lipinski definition) is 0. The first kappa shape index (κ1) is 17.1. The lowest BCUT2D eigenvalue weighted by atomic mass is 9.90. The molecule has 0 N–H and O–H groups in total. The van der Waals surface area contributed by atoms with Crippen LogP contribution in [0.1, 0.15) is 28.9 Å². The highest BCUT2D eigenvalue weighted by atomic mass is 16.5. The third-order valence-corrected chi connectivity index (χ3v) is 4.43. The van der Waals surface area contributed by atoms with Gasteiger partial charge in [-0.05, 0) is 30.7 Å². The molecule has 1 fully saturated rings. The Kier molecular flexibility index (Phi) is 5.72. The van der Waals surface area contributed by atoms with Crippen LogP contribution in [0.3, 0.4) is 0 Å². The van der Waals surface area contributed by atoms with E-state index in [2.05, 4.69) is 34.2 Å². The van der Waals surface area contributed by atoms with Gasteiger partial charge in [-0.1, -0.05) is 30.3 Å². The maximum absolute atomic E-state index is 12.2. The van der Waals surface area contributed by atoms with Crippen molar-refractivity contribution in [2.24, 2.45) is 5.92 Å². The van der Waals surface area contributed by atoms with Gasteiger partial charge in [0.2, 0.25) is 0 Å². The first-order valence-corrected chi connectivity index (χ1v) is 8.47. The van der Waals surface area contributed by atoms with Gasteiger partial charge in [0.1, 0.15) is 0 Å². The number of benzene rings is 1. The summed E-state index contributed by atoms with van der Waals surface area (Å²) in [6.07, 6.45) is 7.20. The fourth-order valence-corrected chi connectivity index (χ4v) is 3.03. The fraction of sp³-hybridized carbons (Fsp3) is 0.368. The lowest BCUT2D eigenvalue weighted by Gasteiger charge is -2.32. The summed E-state index contributed by atoms with van der Waals surface area (Å²) >= 11 is 0. The minimum Gasteiger partial charge on any atom is -0.451 e. The number of ether oxygens (including phenoxy) is 1. The van der Waals surface area contributed by atoms with Gasteiger partial charge in [0.15, 0.2) is 12.3 Å². The van der Waals surface area contributed by atoms with Gasteiger partial charge in [-0.25, -0.2) is 9.78 Å². The second-order valence-electron chi connectivity index (χ2n) is 6.18. The minimum absolute atomic E-state index is 0.108. The van der Waals surface area contributed by atoms with Crippen LogP contribution >= 0.6 is 0 Å². The molecule has 1 amide bonds. The van der Waals surface area contributed by atoms with Crippen molar-refractivity contribution in [3.63, 3.8) is 0 Å². The first-order chi connectivity index (χ1) is 12.2. The van der Waals surface area contributed by atoms with E-state index in [1.165, 1.54) is 24.2 Å². The summed E-state index contributed by atoms with van der Waals surface area (Å²) in [6, 6.07) is 10.4. The average molecular weight is 339 g/mol. The van der Waals surface area contributed by atoms with Crippen molar-refractivity contribution in [3.05, 3.63) is 60.2 Å². The zero-order valence-corrected chi connectivity index (χ0v) is 14.0. The van der Waals surface area contributed by atoms with Gasteiger partial charge in [-0.2, -0.15) is 0 Å². The Labute approximate surface area is 146 Å². The molecular weight excluding hydrogens is 318 g/mol. The number of amides is 1. The van der Waals surface area contributed by atoms with Crippen LogP contribution in [0.25, 0.3) is 0 Å². The zero-order valence-electron chi connectivity index (χ0n) is 14.0. The molecule has 0 saturated carbocycles. The molecule has 0 aliphatic carbocycles. The quantitative estimate of drug-likeness (QED) is 0.780. The molecule has 0 radical (unpaired) electrons. The summed E-state index contributed by atoms with van der Waals surface area (Å²) in [5, 5.41) is 0. The highest BCUT2D eigenvalue weighted by molar-refractivity contribution is 5.89. The van der Waals surface area contributed by atoms with Gasteiger partial charge < -0.3 is 9.64 Å². The summed E-state index contributed by atoms with van der Waals surface area (Å²) < 4.78 is 5.03. The van der Waals surface area contributed by atoms with Crippen molar-refractivity contribution in [1.29, 1.82) is 0 Å². The van der Waals surface area contributed by atoms with Gasteiger partial charge in [0, 0.05) is 25.5 Å². The molecule has 1 saturated heterocycles. The second kappa shape index (κ2) is 8.37. The van der Waals surface area contributed by atoms with Crippen LogP contribution in [0.4, 0.5) is 0 Å². The van der Waals surface area contributed by atoms with E-state index in [1.54, 1.807) is 4.90 Å². The van der Waals surface area contributed by atoms with Crippen molar-refractivity contribution in [1.82, 2.24) is 14.9 Å². The molecule has 6 nitrogen and oxygen atoms in total. The number of likely N-dealkylation sites (tertiary alicyclic amines) is 1. The second-order valence-corrected chi connectivity index (χ2v) is 6.18. The predicted molar refractivity (Wildman–Crippen MR) is 91.8 cm³/mol. The minimum atomic E-state index is -0.625. The molecule has 0 atom stereocenters. The van der Waals surface area contributed by atoms with Gasteiger partial charge in [-0.3, -0.25) is 9.78 Å². The van der Waals surface area contributed by atoms with E-state index in [0.29, 0.717) is 19.0 Å². The van der Waals surface area contributed by atoms with Crippen molar-refractivity contribution in [2.75, 3.05) is 19.7 Å². The highest BCUT2D eigenvalue weighted by Crippen LogP contribution is 2.21. The topological polar surface area (TPSA) is 72.4 Å². The van der Waals surface area contributed by atoms with Gasteiger partial charge in [-0.15, -0.1) is 0 Å². The molecule has 0 bridgehead atoms. The lowest BCUT2D eigenvalue weighted by Crippen LogP contribution is -2.41. The largest absolute Gasteiger partial charge is 0.451 e. The third kappa shape index (κ3) is 4.86. The number of rotatable bonds is 5. The summed E-state index contributed by atoms with van der Waals surface area (Å²) in [7, 11) is 0. The molecule has 3 rings (SSSR count). The molecule has 1 aliphatic heterocycles. The van der Waals surface area contributed by atoms with Crippen LogP contribution in [0.15, 0.2) is 48.9 Å². The Hall–Kier alpha value is -2.76. The number of esters is 1. The molecular formula is C19H21N3O3. The van der Waals surface area contributed by atoms with Gasteiger partial charge >= 0.3 is 5.97 Å². The predicted octanol–water partition coefficient (Wildman–Crippen LogP) is 2.11. The van der Waals surface area contributed by atoms with Crippen molar-refractivity contribution in [3.8, 4) is 0 Å². The Morgan fingerprint density at radius 1 is 1.12 bits per heavy atom. The summed E-state index contributed by atoms with van der Waals surface area (Å²) in [5.41, 5.74) is 1.45. The Morgan fingerprint density at radius 3 is 2.56 bits per heavy atom. The normalized spacial score (nSPS) is 15.0. The van der Waals surface area contributed by atoms with Crippen LogP contribution in [0.5, 0.6) is 0 Å². The molecule has 6 heteroatoms. The van der Waals surface area contributed by atoms with Gasteiger partial charge in [0.05, 0.1) is 6.20 Å². The third-order valence-electron chi connectivity index (χ3n) is 4.43. The molecule has 1 aromatic carbocycles. The standard InChI is InChI=1S/C19H21N3O3/c23-18(14-25-19(24)17-13-20-8-9-21-17)22-10-6-16(7-11-22)12-15-4-2-1-3-5-15/h1-5,8-9,13,16H,6-7,10-12,14H2. The number of piperidine rings is 1.